The zero-order valence-electron chi connectivity index (χ0n) is 14.5. The summed E-state index contributed by atoms with van der Waals surface area (Å²) in [6.45, 7) is 2.35. The largest absolute Gasteiger partial charge is 0.411 e. The van der Waals surface area contributed by atoms with Gasteiger partial charge in [-0.05, 0) is 36.8 Å². The predicted molar refractivity (Wildman–Crippen MR) is 98.1 cm³/mol. The first kappa shape index (κ1) is 18.1. The first-order valence-electron chi connectivity index (χ1n) is 8.03. The molecule has 0 spiro atoms. The van der Waals surface area contributed by atoms with Gasteiger partial charge in [-0.15, -0.1) is 10.2 Å². The number of aromatic nitrogens is 2. The van der Waals surface area contributed by atoms with E-state index in [0.717, 1.165) is 16.7 Å². The fourth-order valence-corrected chi connectivity index (χ4v) is 3.02. The lowest BCUT2D eigenvalue weighted by Gasteiger charge is -2.16. The summed E-state index contributed by atoms with van der Waals surface area (Å²) in [5.74, 6) is 0.177. The molecule has 134 valence electrons. The molecule has 0 fully saturated rings. The molecule has 3 rings (SSSR count). The van der Waals surface area contributed by atoms with Gasteiger partial charge in [0, 0.05) is 19.2 Å². The number of carbonyl (C=O) groups is 1. The molecule has 1 heterocycles. The van der Waals surface area contributed by atoms with Gasteiger partial charge >= 0.3 is 0 Å². The van der Waals surface area contributed by atoms with Crippen molar-refractivity contribution in [3.05, 3.63) is 65.5 Å². The highest BCUT2D eigenvalue weighted by atomic mass is 32.2. The quantitative estimate of drug-likeness (QED) is 0.615. The fourth-order valence-electron chi connectivity index (χ4n) is 2.31. The molecule has 0 aliphatic rings. The molecule has 7 heteroatoms. The van der Waals surface area contributed by atoms with Crippen LogP contribution in [0.2, 0.25) is 0 Å². The van der Waals surface area contributed by atoms with Crippen LogP contribution in [0.15, 0.2) is 58.2 Å². The third-order valence-electron chi connectivity index (χ3n) is 3.76. The van der Waals surface area contributed by atoms with Gasteiger partial charge in [-0.1, -0.05) is 41.6 Å². The molecule has 0 N–H and O–H groups in total. The van der Waals surface area contributed by atoms with Gasteiger partial charge in [0.05, 0.1) is 5.75 Å². The van der Waals surface area contributed by atoms with Crippen molar-refractivity contribution >= 4 is 17.7 Å². The smallest absolute Gasteiger partial charge is 0.277 e. The van der Waals surface area contributed by atoms with E-state index in [4.69, 9.17) is 4.42 Å². The second-order valence-corrected chi connectivity index (χ2v) is 6.83. The monoisotopic (exact) mass is 371 g/mol. The van der Waals surface area contributed by atoms with E-state index in [-0.39, 0.29) is 17.5 Å². The van der Waals surface area contributed by atoms with E-state index in [0.29, 0.717) is 17.7 Å². The van der Waals surface area contributed by atoms with E-state index in [9.17, 15) is 9.18 Å². The maximum Gasteiger partial charge on any atom is 0.277 e. The second kappa shape index (κ2) is 8.14. The van der Waals surface area contributed by atoms with Gasteiger partial charge in [-0.2, -0.15) is 0 Å². The number of rotatable bonds is 6. The Hall–Kier alpha value is -2.67. The van der Waals surface area contributed by atoms with Crippen LogP contribution < -0.4 is 0 Å². The molecule has 0 saturated carbocycles. The minimum Gasteiger partial charge on any atom is -0.411 e. The summed E-state index contributed by atoms with van der Waals surface area (Å²) in [5, 5.41) is 8.32. The molecule has 5 nitrogen and oxygen atoms in total. The summed E-state index contributed by atoms with van der Waals surface area (Å²) >= 11 is 1.18. The Morgan fingerprint density at radius 3 is 2.69 bits per heavy atom. The molecule has 0 atom stereocenters. The zero-order chi connectivity index (χ0) is 18.5. The van der Waals surface area contributed by atoms with Crippen molar-refractivity contribution in [2.24, 2.45) is 0 Å². The molecule has 0 saturated heterocycles. The lowest BCUT2D eigenvalue weighted by atomic mass is 10.1. The van der Waals surface area contributed by atoms with Gasteiger partial charge in [-0.25, -0.2) is 4.39 Å². The third-order valence-corrected chi connectivity index (χ3v) is 4.56. The zero-order valence-corrected chi connectivity index (χ0v) is 15.3. The normalized spacial score (nSPS) is 10.7. The number of hydrogen-bond donors (Lipinski definition) is 0. The predicted octanol–water partition coefficient (Wildman–Crippen LogP) is 3.93. The summed E-state index contributed by atoms with van der Waals surface area (Å²) in [5.41, 5.74) is 2.73. The number of thioether (sulfide) groups is 1. The van der Waals surface area contributed by atoms with Crippen LogP contribution in [0.5, 0.6) is 0 Å². The van der Waals surface area contributed by atoms with Crippen molar-refractivity contribution in [3.8, 4) is 11.5 Å². The van der Waals surface area contributed by atoms with Crippen molar-refractivity contribution in [2.45, 2.75) is 18.7 Å². The molecular weight excluding hydrogens is 353 g/mol. The summed E-state index contributed by atoms with van der Waals surface area (Å²) < 4.78 is 18.8. The highest BCUT2D eigenvalue weighted by molar-refractivity contribution is 7.99. The van der Waals surface area contributed by atoms with E-state index in [2.05, 4.69) is 10.2 Å². The van der Waals surface area contributed by atoms with Gasteiger partial charge in [0.1, 0.15) is 5.82 Å². The van der Waals surface area contributed by atoms with Gasteiger partial charge in [-0.3, -0.25) is 4.79 Å². The molecule has 0 unspecified atom stereocenters. The molecule has 26 heavy (non-hydrogen) atoms. The highest BCUT2D eigenvalue weighted by Crippen LogP contribution is 2.23. The first-order valence-corrected chi connectivity index (χ1v) is 9.01. The van der Waals surface area contributed by atoms with E-state index in [1.807, 2.05) is 31.2 Å². The average Bonchev–Trinajstić information content (AvgIpc) is 3.09. The highest BCUT2D eigenvalue weighted by Gasteiger charge is 2.14. The molecule has 3 aromatic rings. The maximum absolute atomic E-state index is 13.2. The van der Waals surface area contributed by atoms with E-state index in [1.54, 1.807) is 24.1 Å². The molecule has 0 aliphatic heterocycles. The molecular formula is C19H18FN3O2S. The number of benzene rings is 2. The lowest BCUT2D eigenvalue weighted by molar-refractivity contribution is -0.127. The second-order valence-electron chi connectivity index (χ2n) is 5.91. The van der Waals surface area contributed by atoms with Crippen molar-refractivity contribution in [3.63, 3.8) is 0 Å². The summed E-state index contributed by atoms with van der Waals surface area (Å²) in [6, 6.07) is 14.0. The minimum atomic E-state index is -0.313. The van der Waals surface area contributed by atoms with E-state index >= 15 is 0 Å². The molecule has 2 aromatic carbocycles. The summed E-state index contributed by atoms with van der Waals surface area (Å²) in [4.78, 5) is 13.8. The molecule has 1 aromatic heterocycles. The third kappa shape index (κ3) is 4.70. The Morgan fingerprint density at radius 1 is 1.19 bits per heavy atom. The van der Waals surface area contributed by atoms with Gasteiger partial charge < -0.3 is 9.32 Å². The molecule has 0 radical (unpaired) electrons. The maximum atomic E-state index is 13.2. The molecule has 0 bridgehead atoms. The van der Waals surface area contributed by atoms with Gasteiger partial charge in [0.2, 0.25) is 11.8 Å². The Bertz CT molecular complexity index is 896. The van der Waals surface area contributed by atoms with E-state index in [1.165, 1.54) is 23.9 Å². The van der Waals surface area contributed by atoms with Crippen molar-refractivity contribution in [1.82, 2.24) is 15.1 Å². The molecule has 0 aliphatic carbocycles. The van der Waals surface area contributed by atoms with E-state index < -0.39 is 0 Å². The SMILES string of the molecule is Cc1ccc(-c2nnc(SCC(=O)N(C)Cc3cccc(F)c3)o2)cc1. The van der Waals surface area contributed by atoms with Crippen molar-refractivity contribution in [2.75, 3.05) is 12.8 Å². The van der Waals surface area contributed by atoms with Crippen LogP contribution >= 0.6 is 11.8 Å². The Balaban J connectivity index is 1.55. The average molecular weight is 371 g/mol. The molecule has 1 amide bonds. The Labute approximate surface area is 155 Å². The lowest BCUT2D eigenvalue weighted by Crippen LogP contribution is -2.27. The summed E-state index contributed by atoms with van der Waals surface area (Å²) in [6.07, 6.45) is 0. The van der Waals surface area contributed by atoms with Crippen molar-refractivity contribution in [1.29, 1.82) is 0 Å². The van der Waals surface area contributed by atoms with Crippen molar-refractivity contribution < 1.29 is 13.6 Å². The number of hydrogen-bond acceptors (Lipinski definition) is 5. The number of halogens is 1. The van der Waals surface area contributed by atoms with Crippen LogP contribution in [0.4, 0.5) is 4.39 Å². The van der Waals surface area contributed by atoms with Crippen LogP contribution in [0.3, 0.4) is 0 Å². The van der Waals surface area contributed by atoms with Crippen LogP contribution in [0.1, 0.15) is 11.1 Å². The van der Waals surface area contributed by atoms with Crippen LogP contribution in [-0.2, 0) is 11.3 Å². The van der Waals surface area contributed by atoms with Crippen LogP contribution in [0.25, 0.3) is 11.5 Å². The number of amides is 1. The van der Waals surface area contributed by atoms with Crippen LogP contribution in [-0.4, -0.2) is 33.8 Å². The van der Waals surface area contributed by atoms with Crippen LogP contribution in [0, 0.1) is 12.7 Å². The minimum absolute atomic E-state index is 0.102. The Morgan fingerprint density at radius 2 is 1.96 bits per heavy atom. The van der Waals surface area contributed by atoms with Gasteiger partial charge in [0.25, 0.3) is 5.22 Å². The number of carbonyl (C=O) groups excluding carboxylic acids is 1. The fraction of sp³-hybridized carbons (Fsp3) is 0.211. The summed E-state index contributed by atoms with van der Waals surface area (Å²) in [7, 11) is 1.68. The Kier molecular flexibility index (Phi) is 5.68. The first-order chi connectivity index (χ1) is 12.5. The topological polar surface area (TPSA) is 59.2 Å². The van der Waals surface area contributed by atoms with Gasteiger partial charge in [0.15, 0.2) is 0 Å². The number of aryl methyl sites for hydroxylation is 1. The number of nitrogens with zero attached hydrogens (tertiary/aromatic N) is 3. The standard InChI is InChI=1S/C19H18FN3O2S/c1-13-6-8-15(9-7-13)18-21-22-19(25-18)26-12-17(24)23(2)11-14-4-3-5-16(20)10-14/h3-10H,11-12H2,1-2H3.